The first-order valence-electron chi connectivity index (χ1n) is 10.1. The molecule has 0 spiro atoms. The molecule has 2 aromatic rings. The third-order valence-corrected chi connectivity index (χ3v) is 6.31. The average molecular weight is 454 g/mol. The number of carboxylic acids is 1. The molecule has 0 bridgehead atoms. The molecule has 1 aliphatic rings. The topological polar surface area (TPSA) is 49.8 Å². The van der Waals surface area contributed by atoms with Crippen molar-refractivity contribution in [2.24, 2.45) is 0 Å². The molecule has 30 heavy (non-hydrogen) atoms. The zero-order chi connectivity index (χ0) is 22.1. The van der Waals surface area contributed by atoms with Crippen molar-refractivity contribution in [1.82, 2.24) is 4.31 Å². The molecule has 1 heterocycles. The normalized spacial score (nSPS) is 15.9. The second-order valence-electron chi connectivity index (χ2n) is 6.87. The Hall–Kier alpha value is -1.60. The van der Waals surface area contributed by atoms with Crippen LogP contribution in [0.4, 0.5) is 4.39 Å². The number of ether oxygens (including phenoxy) is 1. The Bertz CT molecular complexity index is 841. The first kappa shape index (κ1) is 24.7. The number of halogens is 2. The summed E-state index contributed by atoms with van der Waals surface area (Å²) in [6.07, 6.45) is 0.808. The lowest BCUT2D eigenvalue weighted by Crippen LogP contribution is -2.44. The molecule has 2 aromatic carbocycles. The first-order valence-corrected chi connectivity index (χ1v) is 11.3. The lowest BCUT2D eigenvalue weighted by molar-refractivity contribution is -0.153. The maximum Gasteiger partial charge on any atom is 0.341 e. The summed E-state index contributed by atoms with van der Waals surface area (Å²) in [6.45, 7) is 5.41. The van der Waals surface area contributed by atoms with Gasteiger partial charge < -0.3 is 9.84 Å². The van der Waals surface area contributed by atoms with Crippen LogP contribution >= 0.6 is 23.5 Å². The van der Waals surface area contributed by atoms with E-state index < -0.39 is 11.6 Å². The van der Waals surface area contributed by atoms with Crippen molar-refractivity contribution in [2.75, 3.05) is 26.8 Å². The largest absolute Gasteiger partial charge is 0.479 e. The van der Waals surface area contributed by atoms with E-state index in [0.717, 1.165) is 22.4 Å². The van der Waals surface area contributed by atoms with Crippen LogP contribution in [0.5, 0.6) is 0 Å². The van der Waals surface area contributed by atoms with Crippen LogP contribution in [0.15, 0.2) is 47.4 Å². The number of methoxy groups -OCH3 is 1. The zero-order valence-electron chi connectivity index (χ0n) is 17.7. The number of piperidine rings is 1. The van der Waals surface area contributed by atoms with Gasteiger partial charge in [0.1, 0.15) is 0 Å². The van der Waals surface area contributed by atoms with E-state index in [9.17, 15) is 9.18 Å². The van der Waals surface area contributed by atoms with Crippen molar-refractivity contribution < 1.29 is 19.0 Å². The van der Waals surface area contributed by atoms with Crippen LogP contribution in [0.1, 0.15) is 32.3 Å². The Morgan fingerprint density at radius 3 is 2.57 bits per heavy atom. The second-order valence-corrected chi connectivity index (χ2v) is 8.45. The fraction of sp³-hybridized carbons (Fsp3) is 0.435. The summed E-state index contributed by atoms with van der Waals surface area (Å²) in [5, 5.41) is 9.71. The molecule has 0 atom stereocenters. The van der Waals surface area contributed by atoms with E-state index in [0.29, 0.717) is 24.7 Å². The van der Waals surface area contributed by atoms with E-state index in [1.807, 2.05) is 48.5 Å². The van der Waals surface area contributed by atoms with Crippen LogP contribution in [0.2, 0.25) is 5.02 Å². The lowest BCUT2D eigenvalue weighted by Gasteiger charge is -2.33. The standard InChI is InChI=1S/C21H23ClFNO3S.C2H6/c1-27-12-7-15-3-2-4-16(13-15)18-14-17(22)5-6-19(18)28-24-10-8-21(23,9-11-24)20(25)26;1-2/h2-6,13-14H,7-12H2,1H3,(H,25,26);1-2H3. The number of rotatable bonds is 7. The van der Waals surface area contributed by atoms with Crippen LogP contribution in [0.3, 0.4) is 0 Å². The van der Waals surface area contributed by atoms with Crippen LogP contribution < -0.4 is 0 Å². The van der Waals surface area contributed by atoms with Gasteiger partial charge in [-0.15, -0.1) is 0 Å². The summed E-state index contributed by atoms with van der Waals surface area (Å²) >= 11 is 7.77. The lowest BCUT2D eigenvalue weighted by atomic mass is 9.95. The van der Waals surface area contributed by atoms with Crippen molar-refractivity contribution in [1.29, 1.82) is 0 Å². The van der Waals surface area contributed by atoms with Crippen molar-refractivity contribution in [3.63, 3.8) is 0 Å². The summed E-state index contributed by atoms with van der Waals surface area (Å²) in [6, 6.07) is 14.0. The van der Waals surface area contributed by atoms with Gasteiger partial charge in [-0.3, -0.25) is 0 Å². The summed E-state index contributed by atoms with van der Waals surface area (Å²) in [7, 11) is 1.69. The van der Waals surface area contributed by atoms with E-state index in [1.54, 1.807) is 7.11 Å². The Morgan fingerprint density at radius 2 is 1.93 bits per heavy atom. The Morgan fingerprint density at radius 1 is 1.23 bits per heavy atom. The van der Waals surface area contributed by atoms with Gasteiger partial charge in [0, 0.05) is 43.0 Å². The summed E-state index contributed by atoms with van der Waals surface area (Å²) in [5.41, 5.74) is 1.13. The van der Waals surface area contributed by atoms with Crippen LogP contribution in [0, 0.1) is 0 Å². The summed E-state index contributed by atoms with van der Waals surface area (Å²) in [4.78, 5) is 12.1. The molecule has 0 unspecified atom stereocenters. The molecule has 1 aliphatic heterocycles. The van der Waals surface area contributed by atoms with Gasteiger partial charge in [-0.25, -0.2) is 13.5 Å². The van der Waals surface area contributed by atoms with Gasteiger partial charge in [0.25, 0.3) is 0 Å². The van der Waals surface area contributed by atoms with Crippen LogP contribution in [0.25, 0.3) is 11.1 Å². The van der Waals surface area contributed by atoms with Gasteiger partial charge in [0.05, 0.1) is 6.61 Å². The van der Waals surface area contributed by atoms with Gasteiger partial charge >= 0.3 is 5.97 Å². The fourth-order valence-corrected chi connectivity index (χ4v) is 4.43. The van der Waals surface area contributed by atoms with Gasteiger partial charge in [-0.2, -0.15) is 0 Å². The minimum atomic E-state index is -2.12. The van der Waals surface area contributed by atoms with Crippen molar-refractivity contribution in [2.45, 2.75) is 43.7 Å². The van der Waals surface area contributed by atoms with Gasteiger partial charge in [0.15, 0.2) is 0 Å². The van der Waals surface area contributed by atoms with Gasteiger partial charge in [-0.05, 0) is 53.3 Å². The van der Waals surface area contributed by atoms with Crippen LogP contribution in [-0.2, 0) is 16.0 Å². The Labute approximate surface area is 187 Å². The van der Waals surface area contributed by atoms with E-state index in [1.165, 1.54) is 17.5 Å². The highest BCUT2D eigenvalue weighted by atomic mass is 35.5. The quantitative estimate of drug-likeness (QED) is 0.512. The highest BCUT2D eigenvalue weighted by Crippen LogP contribution is 2.38. The Balaban J connectivity index is 0.00000155. The molecule has 1 fully saturated rings. The molecule has 164 valence electrons. The third-order valence-electron chi connectivity index (χ3n) is 4.90. The van der Waals surface area contributed by atoms with E-state index in [4.69, 9.17) is 21.4 Å². The van der Waals surface area contributed by atoms with Gasteiger partial charge in [-0.1, -0.05) is 49.7 Å². The molecule has 7 heteroatoms. The van der Waals surface area contributed by atoms with Gasteiger partial charge in [0.2, 0.25) is 5.67 Å². The maximum atomic E-state index is 14.3. The van der Waals surface area contributed by atoms with E-state index >= 15 is 0 Å². The number of aliphatic carboxylic acids is 1. The molecule has 0 aromatic heterocycles. The second kappa shape index (κ2) is 11.7. The minimum absolute atomic E-state index is 0.00917. The number of carbonyl (C=O) groups is 1. The average Bonchev–Trinajstić information content (AvgIpc) is 2.76. The van der Waals surface area contributed by atoms with Crippen molar-refractivity contribution >= 4 is 29.5 Å². The molecule has 0 aliphatic carbocycles. The van der Waals surface area contributed by atoms with Crippen molar-refractivity contribution in [3.8, 4) is 11.1 Å². The number of nitrogens with zero attached hydrogens (tertiary/aromatic N) is 1. The number of carboxylic acid groups (broad SMARTS) is 1. The molecule has 0 radical (unpaired) electrons. The number of hydrogen-bond donors (Lipinski definition) is 1. The molecule has 0 amide bonds. The minimum Gasteiger partial charge on any atom is -0.479 e. The molecular formula is C23H29ClFNO3S. The zero-order valence-corrected chi connectivity index (χ0v) is 19.2. The highest BCUT2D eigenvalue weighted by molar-refractivity contribution is 7.97. The van der Waals surface area contributed by atoms with E-state index in [-0.39, 0.29) is 12.8 Å². The first-order chi connectivity index (χ1) is 14.4. The number of benzene rings is 2. The van der Waals surface area contributed by atoms with Crippen molar-refractivity contribution in [3.05, 3.63) is 53.1 Å². The summed E-state index contributed by atoms with van der Waals surface area (Å²) in [5.74, 6) is -1.36. The SMILES string of the molecule is CC.COCCc1cccc(-c2cc(Cl)ccc2SN2CCC(F)(C(=O)O)CC2)c1. The maximum absolute atomic E-state index is 14.3. The molecule has 3 rings (SSSR count). The Kier molecular flexibility index (Phi) is 9.62. The van der Waals surface area contributed by atoms with E-state index in [2.05, 4.69) is 12.1 Å². The summed E-state index contributed by atoms with van der Waals surface area (Å²) < 4.78 is 21.5. The monoisotopic (exact) mass is 453 g/mol. The predicted molar refractivity (Wildman–Crippen MR) is 122 cm³/mol. The highest BCUT2D eigenvalue weighted by Gasteiger charge is 2.42. The number of hydrogen-bond acceptors (Lipinski definition) is 4. The predicted octanol–water partition coefficient (Wildman–Crippen LogP) is 6.12. The molecule has 1 N–H and O–H groups in total. The third kappa shape index (κ3) is 6.45. The number of alkyl halides is 1. The molecule has 4 nitrogen and oxygen atoms in total. The fourth-order valence-electron chi connectivity index (χ4n) is 3.21. The smallest absolute Gasteiger partial charge is 0.341 e. The molecular weight excluding hydrogens is 425 g/mol. The molecule has 1 saturated heterocycles. The molecule has 0 saturated carbocycles. The van der Waals surface area contributed by atoms with Crippen LogP contribution in [-0.4, -0.2) is 47.9 Å².